The molecule has 12 atom stereocenters. The molecule has 0 aromatic carbocycles. The third kappa shape index (κ3) is 43.7. The number of carbonyl (C=O) groups is 1. The van der Waals surface area contributed by atoms with Gasteiger partial charge in [0.2, 0.25) is 5.91 Å². The van der Waals surface area contributed by atoms with Crippen LogP contribution >= 0.6 is 0 Å². The summed E-state index contributed by atoms with van der Waals surface area (Å²) in [6.45, 7) is 2.84. The number of carbonyl (C=O) groups excluding carboxylic acids is 1. The van der Waals surface area contributed by atoms with Gasteiger partial charge < -0.3 is 65.1 Å². The van der Waals surface area contributed by atoms with Crippen LogP contribution in [0.25, 0.3) is 0 Å². The molecule has 2 saturated heterocycles. The second-order valence-electron chi connectivity index (χ2n) is 26.8. The predicted octanol–water partition coefficient (Wildman–Crippen LogP) is 16.1. The van der Waals surface area contributed by atoms with Crippen molar-refractivity contribution in [2.75, 3.05) is 19.8 Å². The summed E-state index contributed by atoms with van der Waals surface area (Å²) in [5.74, 6) is -0.243. The molecule has 0 bridgehead atoms. The van der Waals surface area contributed by atoms with Gasteiger partial charge in [-0.25, -0.2) is 0 Å². The Morgan fingerprint density at radius 1 is 0.393 bits per heavy atom. The second kappa shape index (κ2) is 59.9. The minimum atomic E-state index is -1.79. The first-order valence-corrected chi connectivity index (χ1v) is 37.7. The van der Waals surface area contributed by atoms with Gasteiger partial charge in [-0.15, -0.1) is 0 Å². The Balaban J connectivity index is 1.67. The number of allylic oxidation sites excluding steroid dienone is 5. The molecule has 2 fully saturated rings. The minimum Gasteiger partial charge on any atom is -0.394 e. The summed E-state index contributed by atoms with van der Waals surface area (Å²) in [5, 5.41) is 87.5. The first kappa shape index (κ1) is 83.3. The van der Waals surface area contributed by atoms with Gasteiger partial charge in [0, 0.05) is 6.42 Å². The average molecular weight is 1260 g/mol. The van der Waals surface area contributed by atoms with Crippen LogP contribution in [0.15, 0.2) is 36.5 Å². The van der Waals surface area contributed by atoms with E-state index in [1.54, 1.807) is 6.08 Å². The molecule has 1 amide bonds. The Labute approximate surface area is 544 Å². The van der Waals surface area contributed by atoms with Crippen molar-refractivity contribution in [2.24, 2.45) is 0 Å². The van der Waals surface area contributed by atoms with Crippen LogP contribution in [0.3, 0.4) is 0 Å². The summed E-state index contributed by atoms with van der Waals surface area (Å²) in [7, 11) is 0. The number of aliphatic hydroxyl groups excluding tert-OH is 8. The Morgan fingerprint density at radius 2 is 0.719 bits per heavy atom. The van der Waals surface area contributed by atoms with Crippen molar-refractivity contribution >= 4 is 5.91 Å². The standard InChI is InChI=1S/C75H141NO13/c1-3-5-7-9-11-13-15-17-19-21-23-25-27-29-31-33-34-36-38-40-42-44-46-48-50-52-54-56-58-64(79)63(62-86-74-72(85)70(83)73(66(61-78)88-74)89-75-71(84)69(82)68(81)65(60-77)87-75)76-67(80)59-57-55-53-51-49-47-45-43-41-39-37-35-32-30-28-26-24-22-20-18-16-14-12-10-8-6-4-2/h22,24,48,50,56,58,63-66,68-75,77-79,81-85H,3-21,23,25-47,49,51-55,57,59-62H2,1-2H3,(H,76,80)/b24-22-,50-48+,58-56+. The third-order valence-corrected chi connectivity index (χ3v) is 18.5. The molecule has 2 rings (SSSR count). The summed E-state index contributed by atoms with van der Waals surface area (Å²) in [4.78, 5) is 13.4. The summed E-state index contributed by atoms with van der Waals surface area (Å²) in [6.07, 6.45) is 60.7. The largest absolute Gasteiger partial charge is 0.394 e. The lowest BCUT2D eigenvalue weighted by Gasteiger charge is -2.46. The minimum absolute atomic E-state index is 0.243. The lowest BCUT2D eigenvalue weighted by Crippen LogP contribution is -2.65. The maximum Gasteiger partial charge on any atom is 0.220 e. The van der Waals surface area contributed by atoms with Gasteiger partial charge in [-0.05, 0) is 57.8 Å². The van der Waals surface area contributed by atoms with Crippen LogP contribution in [0.5, 0.6) is 0 Å². The molecule has 0 aliphatic carbocycles. The van der Waals surface area contributed by atoms with E-state index in [9.17, 15) is 45.6 Å². The van der Waals surface area contributed by atoms with Gasteiger partial charge in [-0.1, -0.05) is 314 Å². The van der Waals surface area contributed by atoms with Crippen LogP contribution in [0.4, 0.5) is 0 Å². The maximum absolute atomic E-state index is 13.4. The smallest absolute Gasteiger partial charge is 0.220 e. The Hall–Kier alpha value is -1.79. The Morgan fingerprint density at radius 3 is 1.10 bits per heavy atom. The van der Waals surface area contributed by atoms with E-state index in [-0.39, 0.29) is 18.9 Å². The highest BCUT2D eigenvalue weighted by Gasteiger charge is 2.51. The Kier molecular flexibility index (Phi) is 56.1. The molecule has 524 valence electrons. The van der Waals surface area contributed by atoms with Gasteiger partial charge in [0.1, 0.15) is 48.8 Å². The number of unbranched alkanes of at least 4 members (excludes halogenated alkanes) is 46. The molecule has 89 heavy (non-hydrogen) atoms. The van der Waals surface area contributed by atoms with Crippen molar-refractivity contribution in [3.63, 3.8) is 0 Å². The second-order valence-corrected chi connectivity index (χ2v) is 26.8. The van der Waals surface area contributed by atoms with E-state index in [1.807, 2.05) is 6.08 Å². The van der Waals surface area contributed by atoms with Gasteiger partial charge >= 0.3 is 0 Å². The number of nitrogens with one attached hydrogen (secondary N) is 1. The molecule has 0 radical (unpaired) electrons. The normalized spacial score (nSPS) is 23.2. The number of hydrogen-bond acceptors (Lipinski definition) is 13. The zero-order valence-corrected chi connectivity index (χ0v) is 57.2. The van der Waals surface area contributed by atoms with E-state index in [0.29, 0.717) is 12.8 Å². The Bertz CT molecular complexity index is 1630. The van der Waals surface area contributed by atoms with Crippen LogP contribution < -0.4 is 5.32 Å². The molecule has 0 aromatic heterocycles. The fourth-order valence-electron chi connectivity index (χ4n) is 12.5. The van der Waals surface area contributed by atoms with Crippen molar-refractivity contribution in [1.82, 2.24) is 5.32 Å². The van der Waals surface area contributed by atoms with Gasteiger partial charge in [-0.2, -0.15) is 0 Å². The topological polar surface area (TPSA) is 228 Å². The van der Waals surface area contributed by atoms with E-state index < -0.39 is 86.8 Å². The van der Waals surface area contributed by atoms with Crippen molar-refractivity contribution < 1.29 is 64.6 Å². The van der Waals surface area contributed by atoms with E-state index in [2.05, 4.69) is 43.5 Å². The molecule has 0 aromatic rings. The van der Waals surface area contributed by atoms with E-state index >= 15 is 0 Å². The molecule has 2 aliphatic rings. The number of aliphatic hydroxyl groups is 8. The van der Waals surface area contributed by atoms with Crippen LogP contribution in [-0.2, 0) is 23.7 Å². The molecule has 0 spiro atoms. The van der Waals surface area contributed by atoms with Crippen LogP contribution in [0, 0.1) is 0 Å². The van der Waals surface area contributed by atoms with Crippen molar-refractivity contribution in [1.29, 1.82) is 0 Å². The predicted molar refractivity (Wildman–Crippen MR) is 365 cm³/mol. The van der Waals surface area contributed by atoms with E-state index in [4.69, 9.17) is 18.9 Å². The van der Waals surface area contributed by atoms with Gasteiger partial charge in [-0.3, -0.25) is 4.79 Å². The molecule has 14 nitrogen and oxygen atoms in total. The molecular weight excluding hydrogens is 1120 g/mol. The molecule has 0 saturated carbocycles. The lowest BCUT2D eigenvalue weighted by molar-refractivity contribution is -0.359. The van der Waals surface area contributed by atoms with Gasteiger partial charge in [0.25, 0.3) is 0 Å². The summed E-state index contributed by atoms with van der Waals surface area (Å²) >= 11 is 0. The average Bonchev–Trinajstić information content (AvgIpc) is 2.75. The van der Waals surface area contributed by atoms with Crippen molar-refractivity contribution in [2.45, 2.75) is 415 Å². The van der Waals surface area contributed by atoms with Crippen molar-refractivity contribution in [3.8, 4) is 0 Å². The molecule has 12 unspecified atom stereocenters. The SMILES string of the molecule is CCCCCCCCCC/C=C\CCCCCCCCCCCCCCCCCC(=O)NC(COC1OC(CO)C(OC2OC(CO)C(O)C(O)C2O)C(O)C1O)C(O)/C=C/CC/C=C/CCCCCCCCCCCCCCCCCCCCCCCC. The molecule has 2 heterocycles. The number of ether oxygens (including phenoxy) is 4. The summed E-state index contributed by atoms with van der Waals surface area (Å²) in [6, 6.07) is -0.932. The summed E-state index contributed by atoms with van der Waals surface area (Å²) < 4.78 is 22.9. The summed E-state index contributed by atoms with van der Waals surface area (Å²) in [5.41, 5.74) is 0. The highest BCUT2D eigenvalue weighted by molar-refractivity contribution is 5.76. The zero-order valence-electron chi connectivity index (χ0n) is 57.2. The fraction of sp³-hybridized carbons (Fsp3) is 0.907. The number of amides is 1. The maximum atomic E-state index is 13.4. The molecule has 14 heteroatoms. The third-order valence-electron chi connectivity index (χ3n) is 18.5. The fourth-order valence-corrected chi connectivity index (χ4v) is 12.5. The molecule has 9 N–H and O–H groups in total. The van der Waals surface area contributed by atoms with Crippen LogP contribution in [0.2, 0.25) is 0 Å². The number of rotatable bonds is 63. The van der Waals surface area contributed by atoms with Crippen LogP contribution in [-0.4, -0.2) is 140 Å². The van der Waals surface area contributed by atoms with Gasteiger partial charge in [0.05, 0.1) is 32.0 Å². The van der Waals surface area contributed by atoms with E-state index in [0.717, 1.165) is 32.1 Å². The van der Waals surface area contributed by atoms with Crippen molar-refractivity contribution in [3.05, 3.63) is 36.5 Å². The lowest BCUT2D eigenvalue weighted by atomic mass is 9.97. The number of hydrogen-bond donors (Lipinski definition) is 9. The first-order valence-electron chi connectivity index (χ1n) is 37.7. The monoisotopic (exact) mass is 1260 g/mol. The highest BCUT2D eigenvalue weighted by Crippen LogP contribution is 2.30. The quantitative estimate of drug-likeness (QED) is 0.0204. The molecule has 2 aliphatic heterocycles. The van der Waals surface area contributed by atoms with E-state index in [1.165, 1.54) is 276 Å². The molecular formula is C75H141NO13. The zero-order chi connectivity index (χ0) is 64.5. The first-order chi connectivity index (χ1) is 43.6. The van der Waals surface area contributed by atoms with Gasteiger partial charge in [0.15, 0.2) is 12.6 Å². The van der Waals surface area contributed by atoms with Crippen LogP contribution in [0.1, 0.15) is 341 Å². The highest BCUT2D eigenvalue weighted by atomic mass is 16.7.